The number of anilines is 1. The zero-order valence-electron chi connectivity index (χ0n) is 19.3. The van der Waals surface area contributed by atoms with Gasteiger partial charge in [0.15, 0.2) is 5.79 Å². The van der Waals surface area contributed by atoms with Crippen LogP contribution in [-0.2, 0) is 29.0 Å². The van der Waals surface area contributed by atoms with Gasteiger partial charge >= 0.3 is 5.97 Å². The first-order valence-corrected chi connectivity index (χ1v) is 12.6. The maximum atomic E-state index is 13.4. The lowest BCUT2D eigenvalue weighted by Gasteiger charge is -2.34. The number of rotatable bonds is 9. The largest absolute Gasteiger partial charge is 0.463 e. The van der Waals surface area contributed by atoms with Crippen LogP contribution in [0.1, 0.15) is 25.3 Å². The summed E-state index contributed by atoms with van der Waals surface area (Å²) < 4.78 is 59.0. The van der Waals surface area contributed by atoms with Crippen LogP contribution in [0.4, 0.5) is 10.1 Å². The van der Waals surface area contributed by atoms with Gasteiger partial charge in [0.1, 0.15) is 35.5 Å². The Kier molecular flexibility index (Phi) is 8.52. The molecule has 0 radical (unpaired) electrons. The Hall–Kier alpha value is -2.13. The molecule has 11 nitrogen and oxygen atoms in total. The number of carbonyl (C=O) groups is 1. The number of hydrogen-bond acceptors (Lipinski definition) is 10. The SMILES string of the molecule is CCOC(=O)C1=CC2(CCC1S(=O)(=O)Nc1ccc(F)cc1C)O[C@H]([C@H](O)CO)[C@@H]([C@H](O)CO)O2. The van der Waals surface area contributed by atoms with E-state index in [0.29, 0.717) is 5.56 Å². The first-order valence-electron chi connectivity index (χ1n) is 11.1. The molecule has 196 valence electrons. The first-order chi connectivity index (χ1) is 16.5. The molecule has 35 heavy (non-hydrogen) atoms. The van der Waals surface area contributed by atoms with Crippen molar-refractivity contribution < 1.29 is 52.2 Å². The van der Waals surface area contributed by atoms with Crippen LogP contribution < -0.4 is 4.72 Å². The minimum absolute atomic E-state index is 0.0418. The summed E-state index contributed by atoms with van der Waals surface area (Å²) >= 11 is 0. The average molecular weight is 520 g/mol. The van der Waals surface area contributed by atoms with Crippen molar-refractivity contribution in [1.29, 1.82) is 0 Å². The second-order valence-electron chi connectivity index (χ2n) is 8.43. The Morgan fingerprint density at radius 2 is 1.83 bits per heavy atom. The summed E-state index contributed by atoms with van der Waals surface area (Å²) in [5, 5.41) is 37.6. The van der Waals surface area contributed by atoms with Crippen LogP contribution in [0, 0.1) is 12.7 Å². The second kappa shape index (κ2) is 10.9. The fourth-order valence-electron chi connectivity index (χ4n) is 4.19. The van der Waals surface area contributed by atoms with Crippen LogP contribution in [0.2, 0.25) is 0 Å². The number of sulfonamides is 1. The molecule has 0 saturated carbocycles. The maximum absolute atomic E-state index is 13.4. The highest BCUT2D eigenvalue weighted by Crippen LogP contribution is 2.43. The summed E-state index contributed by atoms with van der Waals surface area (Å²) in [7, 11) is -4.23. The van der Waals surface area contributed by atoms with E-state index < -0.39 is 70.5 Å². The lowest BCUT2D eigenvalue weighted by molar-refractivity contribution is -0.164. The number of aliphatic hydroxyl groups excluding tert-OH is 4. The van der Waals surface area contributed by atoms with Crippen LogP contribution in [-0.4, -0.2) is 90.1 Å². The van der Waals surface area contributed by atoms with E-state index in [1.807, 2.05) is 0 Å². The van der Waals surface area contributed by atoms with Gasteiger partial charge in [-0.2, -0.15) is 0 Å². The highest BCUT2D eigenvalue weighted by atomic mass is 32.2. The standard InChI is InChI=1S/C22H30FNO10S/c1-3-32-21(29)14-9-22(33-19(16(27)10-25)20(34-22)17(28)11-26)7-6-18(14)35(30,31)24-15-5-4-13(23)8-12(15)2/h4-5,8-9,16-20,24-28H,3,6-7,10-11H2,1-2H3/t16-,17-,18?,19-,20-/m1/s1. The molecular formula is C22H30FNO10S. The topological polar surface area (TPSA) is 172 Å². The van der Waals surface area contributed by atoms with Crippen LogP contribution >= 0.6 is 0 Å². The highest BCUT2D eigenvalue weighted by Gasteiger charge is 2.55. The van der Waals surface area contributed by atoms with Crippen LogP contribution in [0.5, 0.6) is 0 Å². The van der Waals surface area contributed by atoms with Crippen molar-refractivity contribution in [3.63, 3.8) is 0 Å². The van der Waals surface area contributed by atoms with E-state index in [-0.39, 0.29) is 30.7 Å². The average Bonchev–Trinajstić information content (AvgIpc) is 3.18. The van der Waals surface area contributed by atoms with E-state index >= 15 is 0 Å². The summed E-state index contributed by atoms with van der Waals surface area (Å²) in [5.41, 5.74) is 0.189. The highest BCUT2D eigenvalue weighted by molar-refractivity contribution is 7.93. The third-order valence-electron chi connectivity index (χ3n) is 5.93. The van der Waals surface area contributed by atoms with Gasteiger partial charge in [-0.15, -0.1) is 0 Å². The van der Waals surface area contributed by atoms with E-state index in [1.54, 1.807) is 6.92 Å². The molecule has 1 aliphatic carbocycles. The predicted octanol–water partition coefficient (Wildman–Crippen LogP) is -0.286. The number of benzene rings is 1. The fourth-order valence-corrected chi connectivity index (χ4v) is 5.80. The molecule has 3 rings (SSSR count). The number of aliphatic hydroxyl groups is 4. The van der Waals surface area contributed by atoms with Crippen LogP contribution in [0.3, 0.4) is 0 Å². The maximum Gasteiger partial charge on any atom is 0.335 e. The molecule has 5 N–H and O–H groups in total. The van der Waals surface area contributed by atoms with Gasteiger partial charge in [-0.25, -0.2) is 17.6 Å². The van der Waals surface area contributed by atoms with Gasteiger partial charge in [0, 0.05) is 6.42 Å². The van der Waals surface area contributed by atoms with Crippen molar-refractivity contribution in [3.05, 3.63) is 41.2 Å². The fraction of sp³-hybridized carbons (Fsp3) is 0.591. The van der Waals surface area contributed by atoms with E-state index in [4.69, 9.17) is 14.2 Å². The molecule has 1 aliphatic heterocycles. The third-order valence-corrected chi connectivity index (χ3v) is 7.67. The number of nitrogens with one attached hydrogen (secondary N) is 1. The zero-order valence-corrected chi connectivity index (χ0v) is 20.1. The molecule has 13 heteroatoms. The number of ether oxygens (including phenoxy) is 3. The molecule has 0 amide bonds. The number of carbonyl (C=O) groups excluding carboxylic acids is 1. The number of esters is 1. The molecule has 1 saturated heterocycles. The number of aryl methyl sites for hydroxylation is 1. The quantitative estimate of drug-likeness (QED) is 0.273. The minimum atomic E-state index is -4.23. The molecule has 0 aromatic heterocycles. The summed E-state index contributed by atoms with van der Waals surface area (Å²) in [5.74, 6) is -3.19. The van der Waals surface area contributed by atoms with E-state index in [2.05, 4.69) is 4.72 Å². The smallest absolute Gasteiger partial charge is 0.335 e. The van der Waals surface area contributed by atoms with Crippen molar-refractivity contribution >= 4 is 21.7 Å². The van der Waals surface area contributed by atoms with Crippen molar-refractivity contribution in [2.75, 3.05) is 24.5 Å². The lowest BCUT2D eigenvalue weighted by Crippen LogP contribution is -2.45. The predicted molar refractivity (Wildman–Crippen MR) is 120 cm³/mol. The summed E-state index contributed by atoms with van der Waals surface area (Å²) in [6.45, 7) is 1.57. The van der Waals surface area contributed by atoms with Gasteiger partial charge in [-0.3, -0.25) is 4.72 Å². The Bertz CT molecular complexity index is 1040. The molecule has 1 heterocycles. The normalized spacial score (nSPS) is 25.7. The van der Waals surface area contributed by atoms with E-state index in [9.17, 15) is 38.0 Å². The van der Waals surface area contributed by atoms with Gasteiger partial charge in [0.25, 0.3) is 0 Å². The van der Waals surface area contributed by atoms with Gasteiger partial charge in [-0.05, 0) is 50.1 Å². The Balaban J connectivity index is 1.98. The van der Waals surface area contributed by atoms with Crippen molar-refractivity contribution in [3.8, 4) is 0 Å². The van der Waals surface area contributed by atoms with Crippen molar-refractivity contribution in [1.82, 2.24) is 0 Å². The van der Waals surface area contributed by atoms with Crippen LogP contribution in [0.25, 0.3) is 0 Å². The Morgan fingerprint density at radius 3 is 2.34 bits per heavy atom. The van der Waals surface area contributed by atoms with E-state index in [0.717, 1.165) is 18.2 Å². The molecule has 1 unspecified atom stereocenters. The van der Waals surface area contributed by atoms with Crippen molar-refractivity contribution in [2.45, 2.75) is 62.1 Å². The first kappa shape index (κ1) is 27.5. The van der Waals surface area contributed by atoms with Crippen LogP contribution in [0.15, 0.2) is 29.8 Å². The van der Waals surface area contributed by atoms with Gasteiger partial charge in [0.05, 0.1) is 31.1 Å². The van der Waals surface area contributed by atoms with E-state index in [1.165, 1.54) is 13.0 Å². The molecule has 1 aromatic carbocycles. The molecule has 0 bridgehead atoms. The second-order valence-corrected chi connectivity index (χ2v) is 10.3. The lowest BCUT2D eigenvalue weighted by atomic mass is 9.94. The monoisotopic (exact) mass is 519 g/mol. The van der Waals surface area contributed by atoms with Gasteiger partial charge < -0.3 is 34.6 Å². The molecule has 5 atom stereocenters. The summed E-state index contributed by atoms with van der Waals surface area (Å²) in [6.07, 6.45) is -4.65. The van der Waals surface area contributed by atoms with Gasteiger partial charge in [0.2, 0.25) is 10.0 Å². The third kappa shape index (κ3) is 5.82. The Labute approximate surface area is 202 Å². The zero-order chi connectivity index (χ0) is 26.0. The molecule has 1 fully saturated rings. The van der Waals surface area contributed by atoms with Gasteiger partial charge in [-0.1, -0.05) is 0 Å². The molecule has 1 aromatic rings. The molecular weight excluding hydrogens is 489 g/mol. The van der Waals surface area contributed by atoms with Crippen molar-refractivity contribution in [2.24, 2.45) is 0 Å². The molecule has 2 aliphatic rings. The minimum Gasteiger partial charge on any atom is -0.463 e. The number of hydrogen-bond donors (Lipinski definition) is 5. The summed E-state index contributed by atoms with van der Waals surface area (Å²) in [6, 6.07) is 3.53. The number of halogens is 1. The Morgan fingerprint density at radius 1 is 1.23 bits per heavy atom. The molecule has 1 spiro atoms. The summed E-state index contributed by atoms with van der Waals surface area (Å²) in [4.78, 5) is 12.8.